The fourth-order valence-electron chi connectivity index (χ4n) is 2.46. The lowest BCUT2D eigenvalue weighted by molar-refractivity contribution is -0.152. The molecule has 4 nitrogen and oxygen atoms in total. The summed E-state index contributed by atoms with van der Waals surface area (Å²) in [6, 6.07) is -0.318. The molecule has 0 aliphatic carbocycles. The maximum absolute atomic E-state index is 12.6. The van der Waals surface area contributed by atoms with Crippen LogP contribution in [0.4, 0.5) is 0 Å². The maximum atomic E-state index is 12.6. The highest BCUT2D eigenvalue weighted by Gasteiger charge is 2.46. The lowest BCUT2D eigenvalue weighted by Crippen LogP contribution is -2.68. The Morgan fingerprint density at radius 2 is 1.94 bits per heavy atom. The SMILES string of the molecule is C#CC(C(C)C)N1CC(=O)NC(CC)(CC)C1=O. The molecule has 1 fully saturated rings. The van der Waals surface area contributed by atoms with Crippen LogP contribution in [0.2, 0.25) is 0 Å². The molecule has 1 aliphatic rings. The standard InChI is InChI=1S/C14H22N2O2/c1-6-11(10(4)5)16-9-12(17)15-14(7-2,8-3)13(16)18/h1,10-11H,7-9H2,2-5H3,(H,15,17). The number of hydrogen-bond acceptors (Lipinski definition) is 2. The zero-order chi connectivity index (χ0) is 13.9. The fourth-order valence-corrected chi connectivity index (χ4v) is 2.46. The highest BCUT2D eigenvalue weighted by Crippen LogP contribution is 2.25. The molecule has 4 heteroatoms. The molecule has 0 bridgehead atoms. The third kappa shape index (κ3) is 2.35. The molecule has 0 radical (unpaired) electrons. The Balaban J connectivity index is 3.10. The minimum Gasteiger partial charge on any atom is -0.340 e. The van der Waals surface area contributed by atoms with Crippen LogP contribution in [0.25, 0.3) is 0 Å². The number of hydrogen-bond donors (Lipinski definition) is 1. The number of carbonyl (C=O) groups excluding carboxylic acids is 2. The van der Waals surface area contributed by atoms with Gasteiger partial charge in [0.2, 0.25) is 11.8 Å². The third-order valence-electron chi connectivity index (χ3n) is 3.71. The second-order valence-corrected chi connectivity index (χ2v) is 5.13. The van der Waals surface area contributed by atoms with Crippen molar-refractivity contribution in [2.45, 2.75) is 52.1 Å². The summed E-state index contributed by atoms with van der Waals surface area (Å²) in [4.78, 5) is 25.9. The summed E-state index contributed by atoms with van der Waals surface area (Å²) in [6.45, 7) is 7.80. The molecular weight excluding hydrogens is 228 g/mol. The second-order valence-electron chi connectivity index (χ2n) is 5.13. The third-order valence-corrected chi connectivity index (χ3v) is 3.71. The molecule has 18 heavy (non-hydrogen) atoms. The summed E-state index contributed by atoms with van der Waals surface area (Å²) in [5.74, 6) is 2.59. The van der Waals surface area contributed by atoms with E-state index in [1.54, 1.807) is 4.90 Å². The molecule has 1 heterocycles. The van der Waals surface area contributed by atoms with Crippen molar-refractivity contribution in [2.75, 3.05) is 6.54 Å². The van der Waals surface area contributed by atoms with Crippen molar-refractivity contribution in [1.82, 2.24) is 10.2 Å². The second kappa shape index (κ2) is 5.43. The first-order valence-electron chi connectivity index (χ1n) is 6.50. The van der Waals surface area contributed by atoms with Crippen LogP contribution in [-0.4, -0.2) is 34.8 Å². The molecule has 0 aromatic heterocycles. The van der Waals surface area contributed by atoms with E-state index in [1.165, 1.54) is 0 Å². The van der Waals surface area contributed by atoms with Crippen molar-refractivity contribution in [3.05, 3.63) is 0 Å². The summed E-state index contributed by atoms with van der Waals surface area (Å²) in [7, 11) is 0. The zero-order valence-corrected chi connectivity index (χ0v) is 11.6. The number of rotatable bonds is 4. The van der Waals surface area contributed by atoms with Crippen LogP contribution in [0.15, 0.2) is 0 Å². The quantitative estimate of drug-likeness (QED) is 0.761. The zero-order valence-electron chi connectivity index (χ0n) is 11.6. The van der Waals surface area contributed by atoms with Gasteiger partial charge in [0.1, 0.15) is 12.1 Å². The Morgan fingerprint density at radius 3 is 2.33 bits per heavy atom. The number of carbonyl (C=O) groups is 2. The monoisotopic (exact) mass is 250 g/mol. The number of terminal acetylenes is 1. The molecule has 1 saturated heterocycles. The van der Waals surface area contributed by atoms with Gasteiger partial charge in [-0.15, -0.1) is 6.42 Å². The maximum Gasteiger partial charge on any atom is 0.249 e. The Morgan fingerprint density at radius 1 is 1.39 bits per heavy atom. The minimum atomic E-state index is -0.778. The van der Waals surface area contributed by atoms with Crippen molar-refractivity contribution in [2.24, 2.45) is 5.92 Å². The smallest absolute Gasteiger partial charge is 0.249 e. The molecule has 1 N–H and O–H groups in total. The lowest BCUT2D eigenvalue weighted by atomic mass is 9.87. The van der Waals surface area contributed by atoms with Crippen LogP contribution in [0.1, 0.15) is 40.5 Å². The minimum absolute atomic E-state index is 0.0521. The first kappa shape index (κ1) is 14.6. The van der Waals surface area contributed by atoms with E-state index in [0.717, 1.165) is 0 Å². The topological polar surface area (TPSA) is 49.4 Å². The van der Waals surface area contributed by atoms with E-state index >= 15 is 0 Å². The van der Waals surface area contributed by atoms with Crippen molar-refractivity contribution < 1.29 is 9.59 Å². The van der Waals surface area contributed by atoms with E-state index in [9.17, 15) is 9.59 Å². The summed E-state index contributed by atoms with van der Waals surface area (Å²) in [6.07, 6.45) is 6.67. The molecule has 100 valence electrons. The van der Waals surface area contributed by atoms with Crippen LogP contribution < -0.4 is 5.32 Å². The van der Waals surface area contributed by atoms with Crippen LogP contribution in [0.3, 0.4) is 0 Å². The number of amides is 2. The molecule has 0 spiro atoms. The normalized spacial score (nSPS) is 20.6. The Hall–Kier alpha value is -1.50. The van der Waals surface area contributed by atoms with Gasteiger partial charge in [0, 0.05) is 0 Å². The molecule has 0 aromatic carbocycles. The summed E-state index contributed by atoms with van der Waals surface area (Å²) >= 11 is 0. The summed E-state index contributed by atoms with van der Waals surface area (Å²) < 4.78 is 0. The van der Waals surface area contributed by atoms with E-state index in [0.29, 0.717) is 12.8 Å². The fraction of sp³-hybridized carbons (Fsp3) is 0.714. The van der Waals surface area contributed by atoms with E-state index in [1.807, 2.05) is 27.7 Å². The number of piperazine rings is 1. The van der Waals surface area contributed by atoms with Gasteiger partial charge >= 0.3 is 0 Å². The Bertz CT molecular complexity index is 378. The van der Waals surface area contributed by atoms with Gasteiger partial charge in [0.25, 0.3) is 0 Å². The Labute approximate surface area is 109 Å². The van der Waals surface area contributed by atoms with Gasteiger partial charge in [-0.1, -0.05) is 33.6 Å². The van der Waals surface area contributed by atoms with Gasteiger partial charge in [0.15, 0.2) is 0 Å². The van der Waals surface area contributed by atoms with E-state index < -0.39 is 5.54 Å². The van der Waals surface area contributed by atoms with Crippen molar-refractivity contribution >= 4 is 11.8 Å². The largest absolute Gasteiger partial charge is 0.340 e. The molecule has 1 unspecified atom stereocenters. The average Bonchev–Trinajstić information content (AvgIpc) is 2.33. The first-order valence-corrected chi connectivity index (χ1v) is 6.50. The molecule has 0 aromatic rings. The average molecular weight is 250 g/mol. The highest BCUT2D eigenvalue weighted by atomic mass is 16.2. The number of nitrogens with one attached hydrogen (secondary N) is 1. The van der Waals surface area contributed by atoms with E-state index in [4.69, 9.17) is 6.42 Å². The van der Waals surface area contributed by atoms with Gasteiger partial charge < -0.3 is 10.2 Å². The van der Waals surface area contributed by atoms with E-state index in [2.05, 4.69) is 11.2 Å². The summed E-state index contributed by atoms with van der Waals surface area (Å²) in [5, 5.41) is 2.83. The molecule has 2 amide bonds. The van der Waals surface area contributed by atoms with Gasteiger partial charge in [0.05, 0.1) is 6.04 Å². The van der Waals surface area contributed by atoms with E-state index in [-0.39, 0.29) is 30.3 Å². The van der Waals surface area contributed by atoms with Crippen LogP contribution >= 0.6 is 0 Å². The molecule has 1 atom stereocenters. The van der Waals surface area contributed by atoms with Crippen LogP contribution in [0, 0.1) is 18.3 Å². The Kier molecular flexibility index (Phi) is 4.39. The van der Waals surface area contributed by atoms with Crippen LogP contribution in [0.5, 0.6) is 0 Å². The van der Waals surface area contributed by atoms with Crippen molar-refractivity contribution in [1.29, 1.82) is 0 Å². The predicted molar refractivity (Wildman–Crippen MR) is 70.6 cm³/mol. The van der Waals surface area contributed by atoms with Gasteiger partial charge in [-0.05, 0) is 18.8 Å². The predicted octanol–water partition coefficient (Wildman–Crippen LogP) is 1.16. The molecular formula is C14H22N2O2. The highest BCUT2D eigenvalue weighted by molar-refractivity contribution is 5.98. The number of nitrogens with zero attached hydrogens (tertiary/aromatic N) is 1. The molecule has 0 saturated carbocycles. The molecule has 1 aliphatic heterocycles. The van der Waals surface area contributed by atoms with Crippen molar-refractivity contribution in [3.63, 3.8) is 0 Å². The van der Waals surface area contributed by atoms with Crippen LogP contribution in [-0.2, 0) is 9.59 Å². The van der Waals surface area contributed by atoms with Gasteiger partial charge in [-0.3, -0.25) is 9.59 Å². The van der Waals surface area contributed by atoms with Gasteiger partial charge in [-0.25, -0.2) is 0 Å². The first-order chi connectivity index (χ1) is 8.41. The lowest BCUT2D eigenvalue weighted by Gasteiger charge is -2.44. The summed E-state index contributed by atoms with van der Waals surface area (Å²) in [5.41, 5.74) is -0.778. The van der Waals surface area contributed by atoms with Crippen molar-refractivity contribution in [3.8, 4) is 12.3 Å². The molecule has 1 rings (SSSR count). The van der Waals surface area contributed by atoms with Gasteiger partial charge in [-0.2, -0.15) is 0 Å².